The summed E-state index contributed by atoms with van der Waals surface area (Å²) in [6.07, 6.45) is 2.90. The fourth-order valence-electron chi connectivity index (χ4n) is 2.79. The van der Waals surface area contributed by atoms with Crippen LogP contribution in [0.5, 0.6) is 0 Å². The Kier molecular flexibility index (Phi) is 3.34. The normalized spacial score (nSPS) is 18.3. The molecule has 1 unspecified atom stereocenters. The summed E-state index contributed by atoms with van der Waals surface area (Å²) in [6.45, 7) is 3.22. The molecule has 1 aromatic carbocycles. The van der Waals surface area contributed by atoms with E-state index in [-0.39, 0.29) is 6.61 Å². The Morgan fingerprint density at radius 2 is 2.16 bits per heavy atom. The van der Waals surface area contributed by atoms with Crippen LogP contribution in [-0.2, 0) is 19.4 Å². The predicted octanol–water partition coefficient (Wildman–Crippen LogP) is 2.06. The topological polar surface area (TPSA) is 50.9 Å². The van der Waals surface area contributed by atoms with Crippen LogP contribution in [0.1, 0.15) is 24.7 Å². The number of fused-ring (bicyclic) bond motifs is 1. The van der Waals surface area contributed by atoms with E-state index in [1.807, 2.05) is 6.07 Å². The lowest BCUT2D eigenvalue weighted by atomic mass is 9.99. The average Bonchev–Trinajstić information content (AvgIpc) is 2.89. The van der Waals surface area contributed by atoms with Gasteiger partial charge in [-0.25, -0.2) is 0 Å². The summed E-state index contributed by atoms with van der Waals surface area (Å²) >= 11 is 0. The second-order valence-electron chi connectivity index (χ2n) is 5.15. The first-order chi connectivity index (χ1) is 9.33. The summed E-state index contributed by atoms with van der Waals surface area (Å²) < 4.78 is 2.18. The van der Waals surface area contributed by atoms with Gasteiger partial charge >= 0.3 is 0 Å². The van der Waals surface area contributed by atoms with Crippen molar-refractivity contribution in [2.75, 3.05) is 6.61 Å². The van der Waals surface area contributed by atoms with Gasteiger partial charge in [0.05, 0.1) is 0 Å². The maximum absolute atomic E-state index is 9.36. The van der Waals surface area contributed by atoms with Crippen molar-refractivity contribution < 1.29 is 5.11 Å². The first-order valence-electron chi connectivity index (χ1n) is 6.94. The fourth-order valence-corrected chi connectivity index (χ4v) is 2.79. The molecule has 0 radical (unpaired) electrons. The van der Waals surface area contributed by atoms with Gasteiger partial charge in [-0.3, -0.25) is 0 Å². The van der Waals surface area contributed by atoms with Crippen LogP contribution >= 0.6 is 0 Å². The lowest BCUT2D eigenvalue weighted by molar-refractivity contribution is 0.191. The number of aliphatic hydroxyl groups is 1. The molecule has 1 aliphatic rings. The fraction of sp³-hybridized carbons (Fsp3) is 0.467. The Hall–Kier alpha value is -1.68. The number of aliphatic hydroxyl groups excluding tert-OH is 1. The highest BCUT2D eigenvalue weighted by molar-refractivity contribution is 5.60. The monoisotopic (exact) mass is 257 g/mol. The van der Waals surface area contributed by atoms with Crippen molar-refractivity contribution in [1.82, 2.24) is 14.8 Å². The van der Waals surface area contributed by atoms with E-state index in [0.29, 0.717) is 5.92 Å². The Morgan fingerprint density at radius 3 is 2.95 bits per heavy atom. The lowest BCUT2D eigenvalue weighted by Crippen LogP contribution is -2.23. The molecule has 100 valence electrons. The van der Waals surface area contributed by atoms with E-state index in [9.17, 15) is 5.11 Å². The zero-order chi connectivity index (χ0) is 13.2. The maximum atomic E-state index is 9.36. The first kappa shape index (κ1) is 12.4. The van der Waals surface area contributed by atoms with Gasteiger partial charge in [0.25, 0.3) is 0 Å². The standard InChI is InChI=1S/C15H19N3O/c1-2-12-5-3-4-6-13(12)15-17-16-14-8-7-11(10-19)9-18(14)15/h3-6,11,19H,2,7-10H2,1H3. The molecule has 19 heavy (non-hydrogen) atoms. The summed E-state index contributed by atoms with van der Waals surface area (Å²) in [7, 11) is 0. The van der Waals surface area contributed by atoms with Crippen LogP contribution in [0.2, 0.25) is 0 Å². The molecule has 1 aromatic heterocycles. The first-order valence-corrected chi connectivity index (χ1v) is 6.94. The van der Waals surface area contributed by atoms with Gasteiger partial charge in [0, 0.05) is 31.1 Å². The van der Waals surface area contributed by atoms with Crippen LogP contribution in [0.3, 0.4) is 0 Å². The van der Waals surface area contributed by atoms with Gasteiger partial charge in [0.1, 0.15) is 5.82 Å². The Bertz CT molecular complexity index is 577. The van der Waals surface area contributed by atoms with E-state index in [1.165, 1.54) is 11.1 Å². The minimum absolute atomic E-state index is 0.243. The minimum atomic E-state index is 0.243. The third kappa shape index (κ3) is 2.16. The molecule has 2 heterocycles. The van der Waals surface area contributed by atoms with Crippen molar-refractivity contribution in [3.8, 4) is 11.4 Å². The van der Waals surface area contributed by atoms with Crippen molar-refractivity contribution in [2.45, 2.75) is 32.7 Å². The van der Waals surface area contributed by atoms with E-state index in [1.54, 1.807) is 0 Å². The number of rotatable bonds is 3. The number of hydrogen-bond acceptors (Lipinski definition) is 3. The number of aromatic nitrogens is 3. The van der Waals surface area contributed by atoms with Gasteiger partial charge in [-0.15, -0.1) is 10.2 Å². The van der Waals surface area contributed by atoms with Crippen LogP contribution in [0, 0.1) is 5.92 Å². The van der Waals surface area contributed by atoms with Gasteiger partial charge in [-0.2, -0.15) is 0 Å². The van der Waals surface area contributed by atoms with E-state index in [4.69, 9.17) is 0 Å². The van der Waals surface area contributed by atoms with Crippen LogP contribution in [0.25, 0.3) is 11.4 Å². The Balaban J connectivity index is 2.05. The van der Waals surface area contributed by atoms with Crippen molar-refractivity contribution in [3.05, 3.63) is 35.7 Å². The lowest BCUT2D eigenvalue weighted by Gasteiger charge is -2.22. The SMILES string of the molecule is CCc1ccccc1-c1nnc2n1CC(CO)CC2. The number of nitrogens with zero attached hydrogens (tertiary/aromatic N) is 3. The van der Waals surface area contributed by atoms with Gasteiger partial charge < -0.3 is 9.67 Å². The second kappa shape index (κ2) is 5.13. The summed E-state index contributed by atoms with van der Waals surface area (Å²) in [5, 5.41) is 18.0. The van der Waals surface area contributed by atoms with E-state index in [0.717, 1.165) is 37.5 Å². The molecule has 0 spiro atoms. The zero-order valence-electron chi connectivity index (χ0n) is 11.2. The molecule has 2 aromatic rings. The van der Waals surface area contributed by atoms with Crippen molar-refractivity contribution in [3.63, 3.8) is 0 Å². The smallest absolute Gasteiger partial charge is 0.164 e. The van der Waals surface area contributed by atoms with Crippen LogP contribution < -0.4 is 0 Å². The zero-order valence-corrected chi connectivity index (χ0v) is 11.2. The number of aryl methyl sites for hydroxylation is 2. The molecule has 0 aliphatic carbocycles. The number of hydrogen-bond donors (Lipinski definition) is 1. The molecule has 4 heteroatoms. The van der Waals surface area contributed by atoms with Gasteiger partial charge in [0.15, 0.2) is 5.82 Å². The molecule has 0 fully saturated rings. The van der Waals surface area contributed by atoms with Crippen molar-refractivity contribution in [2.24, 2.45) is 5.92 Å². The molecule has 0 amide bonds. The third-order valence-electron chi connectivity index (χ3n) is 3.94. The molecule has 4 nitrogen and oxygen atoms in total. The summed E-state index contributed by atoms with van der Waals surface area (Å²) in [4.78, 5) is 0. The highest BCUT2D eigenvalue weighted by atomic mass is 16.3. The van der Waals surface area contributed by atoms with Gasteiger partial charge in [-0.05, 0) is 18.4 Å². The third-order valence-corrected chi connectivity index (χ3v) is 3.94. The molecule has 1 aliphatic heterocycles. The van der Waals surface area contributed by atoms with Crippen LogP contribution in [-0.4, -0.2) is 26.5 Å². The van der Waals surface area contributed by atoms with E-state index >= 15 is 0 Å². The van der Waals surface area contributed by atoms with Crippen molar-refractivity contribution in [1.29, 1.82) is 0 Å². The summed E-state index contributed by atoms with van der Waals surface area (Å²) in [6, 6.07) is 8.36. The van der Waals surface area contributed by atoms with E-state index in [2.05, 4.69) is 39.9 Å². The van der Waals surface area contributed by atoms with Crippen LogP contribution in [0.4, 0.5) is 0 Å². The summed E-state index contributed by atoms with van der Waals surface area (Å²) in [5.74, 6) is 2.33. The highest BCUT2D eigenvalue weighted by Crippen LogP contribution is 2.27. The molecule has 0 saturated heterocycles. The molecule has 0 bridgehead atoms. The second-order valence-corrected chi connectivity index (χ2v) is 5.15. The largest absolute Gasteiger partial charge is 0.396 e. The van der Waals surface area contributed by atoms with Crippen LogP contribution in [0.15, 0.2) is 24.3 Å². The predicted molar refractivity (Wildman–Crippen MR) is 73.7 cm³/mol. The average molecular weight is 257 g/mol. The van der Waals surface area contributed by atoms with Gasteiger partial charge in [0.2, 0.25) is 0 Å². The molecule has 1 atom stereocenters. The quantitative estimate of drug-likeness (QED) is 0.915. The van der Waals surface area contributed by atoms with E-state index < -0.39 is 0 Å². The molecular weight excluding hydrogens is 238 g/mol. The molecule has 3 rings (SSSR count). The summed E-state index contributed by atoms with van der Waals surface area (Å²) in [5.41, 5.74) is 2.46. The minimum Gasteiger partial charge on any atom is -0.396 e. The molecule has 1 N–H and O–H groups in total. The number of benzene rings is 1. The highest BCUT2D eigenvalue weighted by Gasteiger charge is 2.23. The molecule has 0 saturated carbocycles. The molecular formula is C15H19N3O. The Labute approximate surface area is 113 Å². The van der Waals surface area contributed by atoms with Gasteiger partial charge in [-0.1, -0.05) is 31.2 Å². The maximum Gasteiger partial charge on any atom is 0.164 e. The Morgan fingerprint density at radius 1 is 1.32 bits per heavy atom. The van der Waals surface area contributed by atoms with Crippen molar-refractivity contribution >= 4 is 0 Å².